The molecule has 0 aromatic carbocycles. The molecule has 0 aromatic rings. The molecule has 2 atom stereocenters. The number of likely N-dealkylation sites (N-methyl/N-ethyl adjacent to an activating group) is 1. The fourth-order valence-electron chi connectivity index (χ4n) is 2.17. The Bertz CT molecular complexity index is 286. The van der Waals surface area contributed by atoms with Crippen molar-refractivity contribution in [2.45, 2.75) is 31.8 Å². The van der Waals surface area contributed by atoms with Gasteiger partial charge in [-0.3, -0.25) is 9.69 Å². The first-order valence-electron chi connectivity index (χ1n) is 5.93. The van der Waals surface area contributed by atoms with Gasteiger partial charge in [0.2, 0.25) is 5.91 Å². The molecule has 6 heteroatoms. The summed E-state index contributed by atoms with van der Waals surface area (Å²) in [6.45, 7) is 3.92. The smallest absolute Gasteiger partial charge is 0.239 e. The van der Waals surface area contributed by atoms with Crippen LogP contribution < -0.4 is 11.1 Å². The maximum absolute atomic E-state index is 11.8. The maximum Gasteiger partial charge on any atom is 0.239 e. The molecular formula is C11H21N3O2S. The highest BCUT2D eigenvalue weighted by molar-refractivity contribution is 7.80. The molecule has 1 saturated heterocycles. The van der Waals surface area contributed by atoms with Gasteiger partial charge in [-0.2, -0.15) is 0 Å². The molecule has 1 aliphatic heterocycles. The van der Waals surface area contributed by atoms with Gasteiger partial charge >= 0.3 is 0 Å². The number of nitrogens with zero attached hydrogens (tertiary/aromatic N) is 1. The number of hydrogen-bond donors (Lipinski definition) is 2. The standard InChI is InChI=1S/C11H21N3O2S/c1-3-8(6-10(12)17)14-4-5-16-7-9(14)11(15)13-2/h8-9H,3-7H2,1-2H3,(H2,12,17)(H,13,15). The fourth-order valence-corrected chi connectivity index (χ4v) is 2.37. The van der Waals surface area contributed by atoms with Crippen LogP contribution in [0.1, 0.15) is 19.8 Å². The molecule has 1 rings (SSSR count). The van der Waals surface area contributed by atoms with Crippen LogP contribution in [0.2, 0.25) is 0 Å². The van der Waals surface area contributed by atoms with Crippen LogP contribution in [0.15, 0.2) is 0 Å². The summed E-state index contributed by atoms with van der Waals surface area (Å²) < 4.78 is 5.37. The van der Waals surface area contributed by atoms with E-state index >= 15 is 0 Å². The third-order valence-electron chi connectivity index (χ3n) is 3.10. The van der Waals surface area contributed by atoms with E-state index in [1.807, 2.05) is 0 Å². The topological polar surface area (TPSA) is 67.6 Å². The number of carbonyl (C=O) groups is 1. The third-order valence-corrected chi connectivity index (χ3v) is 3.26. The van der Waals surface area contributed by atoms with Gasteiger partial charge in [0, 0.05) is 26.1 Å². The molecule has 0 bridgehead atoms. The number of amides is 1. The highest BCUT2D eigenvalue weighted by Gasteiger charge is 2.33. The molecule has 1 aliphatic rings. The van der Waals surface area contributed by atoms with Gasteiger partial charge in [-0.1, -0.05) is 19.1 Å². The largest absolute Gasteiger partial charge is 0.393 e. The van der Waals surface area contributed by atoms with Crippen LogP contribution in [0.4, 0.5) is 0 Å². The van der Waals surface area contributed by atoms with Gasteiger partial charge in [-0.25, -0.2) is 0 Å². The summed E-state index contributed by atoms with van der Waals surface area (Å²) in [6.07, 6.45) is 1.57. The SMILES string of the molecule is CCC(CC(N)=S)N1CCOCC1C(=O)NC. The van der Waals surface area contributed by atoms with Crippen LogP contribution in [0.3, 0.4) is 0 Å². The quantitative estimate of drug-likeness (QED) is 0.674. The van der Waals surface area contributed by atoms with Crippen LogP contribution >= 0.6 is 12.2 Å². The molecule has 0 aromatic heterocycles. The average molecular weight is 259 g/mol. The van der Waals surface area contributed by atoms with E-state index in [2.05, 4.69) is 17.1 Å². The zero-order valence-corrected chi connectivity index (χ0v) is 11.3. The third kappa shape index (κ3) is 3.90. The number of thiocarbonyl (C=S) groups is 1. The first kappa shape index (κ1) is 14.3. The zero-order valence-electron chi connectivity index (χ0n) is 10.4. The second kappa shape index (κ2) is 6.88. The number of carbonyl (C=O) groups excluding carboxylic acids is 1. The number of nitrogens with one attached hydrogen (secondary N) is 1. The molecule has 1 heterocycles. The van der Waals surface area contributed by atoms with E-state index in [0.29, 0.717) is 24.6 Å². The van der Waals surface area contributed by atoms with Crippen molar-refractivity contribution in [1.82, 2.24) is 10.2 Å². The molecular weight excluding hydrogens is 238 g/mol. The average Bonchev–Trinajstić information content (AvgIpc) is 2.34. The highest BCUT2D eigenvalue weighted by atomic mass is 32.1. The molecule has 2 unspecified atom stereocenters. The zero-order chi connectivity index (χ0) is 12.8. The normalized spacial score (nSPS) is 23.1. The lowest BCUT2D eigenvalue weighted by Gasteiger charge is -2.39. The molecule has 0 saturated carbocycles. The minimum absolute atomic E-state index is 0.00825. The number of nitrogens with two attached hydrogens (primary N) is 1. The Balaban J connectivity index is 2.74. The number of morpholine rings is 1. The van der Waals surface area contributed by atoms with E-state index < -0.39 is 0 Å². The summed E-state index contributed by atoms with van der Waals surface area (Å²) >= 11 is 4.96. The van der Waals surface area contributed by atoms with E-state index in [0.717, 1.165) is 13.0 Å². The molecule has 0 spiro atoms. The van der Waals surface area contributed by atoms with Gasteiger partial charge in [0.25, 0.3) is 0 Å². The second-order valence-electron chi connectivity index (χ2n) is 4.18. The number of ether oxygens (including phenoxy) is 1. The Morgan fingerprint density at radius 2 is 2.41 bits per heavy atom. The molecule has 1 amide bonds. The summed E-state index contributed by atoms with van der Waals surface area (Å²) in [5.74, 6) is -0.00825. The van der Waals surface area contributed by atoms with Crippen molar-refractivity contribution in [3.05, 3.63) is 0 Å². The van der Waals surface area contributed by atoms with Crippen LogP contribution in [0, 0.1) is 0 Å². The van der Waals surface area contributed by atoms with E-state index in [4.69, 9.17) is 22.7 Å². The fraction of sp³-hybridized carbons (Fsp3) is 0.818. The summed E-state index contributed by atoms with van der Waals surface area (Å²) in [7, 11) is 1.64. The Morgan fingerprint density at radius 3 is 2.94 bits per heavy atom. The van der Waals surface area contributed by atoms with Crippen molar-refractivity contribution >= 4 is 23.1 Å². The van der Waals surface area contributed by atoms with Gasteiger partial charge in [0.05, 0.1) is 18.2 Å². The van der Waals surface area contributed by atoms with E-state index in [1.54, 1.807) is 7.05 Å². The molecule has 5 nitrogen and oxygen atoms in total. The van der Waals surface area contributed by atoms with Crippen molar-refractivity contribution < 1.29 is 9.53 Å². The van der Waals surface area contributed by atoms with E-state index in [9.17, 15) is 4.79 Å². The van der Waals surface area contributed by atoms with Crippen molar-refractivity contribution in [1.29, 1.82) is 0 Å². The van der Waals surface area contributed by atoms with Gasteiger partial charge in [-0.15, -0.1) is 0 Å². The number of rotatable bonds is 5. The first-order chi connectivity index (χ1) is 8.10. The van der Waals surface area contributed by atoms with Gasteiger partial charge in [-0.05, 0) is 6.42 Å². The Morgan fingerprint density at radius 1 is 1.71 bits per heavy atom. The lowest BCUT2D eigenvalue weighted by Crippen LogP contribution is -2.57. The molecule has 1 fully saturated rings. The number of hydrogen-bond acceptors (Lipinski definition) is 4. The Hall–Kier alpha value is -0.720. The summed E-state index contributed by atoms with van der Waals surface area (Å²) in [5.41, 5.74) is 5.60. The van der Waals surface area contributed by atoms with E-state index in [-0.39, 0.29) is 18.0 Å². The van der Waals surface area contributed by atoms with Crippen molar-refractivity contribution in [2.75, 3.05) is 26.8 Å². The first-order valence-corrected chi connectivity index (χ1v) is 6.34. The molecule has 3 N–H and O–H groups in total. The maximum atomic E-state index is 11.8. The van der Waals surface area contributed by atoms with E-state index in [1.165, 1.54) is 0 Å². The minimum atomic E-state index is -0.229. The van der Waals surface area contributed by atoms with Crippen LogP contribution in [-0.4, -0.2) is 54.7 Å². The predicted molar refractivity (Wildman–Crippen MR) is 70.9 cm³/mol. The lowest BCUT2D eigenvalue weighted by molar-refractivity contribution is -0.134. The van der Waals surface area contributed by atoms with Crippen LogP contribution in [0.25, 0.3) is 0 Å². The Kier molecular flexibility index (Phi) is 5.80. The van der Waals surface area contributed by atoms with Crippen LogP contribution in [-0.2, 0) is 9.53 Å². The summed E-state index contributed by atoms with van der Waals surface area (Å²) in [6, 6.07) is -0.00764. The molecule has 98 valence electrons. The summed E-state index contributed by atoms with van der Waals surface area (Å²) in [4.78, 5) is 14.4. The Labute approximate surface area is 108 Å². The van der Waals surface area contributed by atoms with Gasteiger partial charge in [0.15, 0.2) is 0 Å². The van der Waals surface area contributed by atoms with Gasteiger partial charge in [0.1, 0.15) is 6.04 Å². The second-order valence-corrected chi connectivity index (χ2v) is 4.70. The molecule has 0 radical (unpaired) electrons. The van der Waals surface area contributed by atoms with Crippen LogP contribution in [0.5, 0.6) is 0 Å². The molecule has 17 heavy (non-hydrogen) atoms. The monoisotopic (exact) mass is 259 g/mol. The minimum Gasteiger partial charge on any atom is -0.393 e. The summed E-state index contributed by atoms with van der Waals surface area (Å²) in [5, 5.41) is 2.67. The molecule has 0 aliphatic carbocycles. The van der Waals surface area contributed by atoms with Crippen molar-refractivity contribution in [3.63, 3.8) is 0 Å². The van der Waals surface area contributed by atoms with Gasteiger partial charge < -0.3 is 15.8 Å². The lowest BCUT2D eigenvalue weighted by atomic mass is 10.1. The van der Waals surface area contributed by atoms with Crippen molar-refractivity contribution in [2.24, 2.45) is 5.73 Å². The van der Waals surface area contributed by atoms with Crippen molar-refractivity contribution in [3.8, 4) is 0 Å². The predicted octanol–water partition coefficient (Wildman–Crippen LogP) is -0.112. The highest BCUT2D eigenvalue weighted by Crippen LogP contribution is 2.16.